The number of hydrogen-bond acceptors (Lipinski definition) is 5. The van der Waals surface area contributed by atoms with E-state index in [4.69, 9.17) is 4.52 Å². The van der Waals surface area contributed by atoms with Crippen molar-refractivity contribution in [1.82, 2.24) is 19.9 Å². The van der Waals surface area contributed by atoms with Crippen molar-refractivity contribution < 1.29 is 9.32 Å². The Morgan fingerprint density at radius 2 is 1.79 bits per heavy atom. The van der Waals surface area contributed by atoms with Gasteiger partial charge in [0.05, 0.1) is 18.8 Å². The van der Waals surface area contributed by atoms with Gasteiger partial charge in [0.25, 0.3) is 0 Å². The first-order valence-electron chi connectivity index (χ1n) is 9.14. The smallest absolute Gasteiger partial charge is 0.236 e. The molecular weight excluding hydrogens is 304 g/mol. The zero-order valence-electron chi connectivity index (χ0n) is 15.2. The Morgan fingerprint density at radius 1 is 1.17 bits per heavy atom. The average molecular weight is 334 g/mol. The number of carbonyl (C=O) groups excluding carboxylic acids is 1. The number of carbonyl (C=O) groups is 1. The predicted molar refractivity (Wildman–Crippen MR) is 92.5 cm³/mol. The van der Waals surface area contributed by atoms with Gasteiger partial charge < -0.3 is 9.42 Å². The third kappa shape index (κ3) is 4.57. The van der Waals surface area contributed by atoms with Crippen molar-refractivity contribution in [1.29, 1.82) is 0 Å². The maximum Gasteiger partial charge on any atom is 0.236 e. The summed E-state index contributed by atoms with van der Waals surface area (Å²) in [6, 6.07) is 1.99. The largest absolute Gasteiger partial charge is 0.360 e. The molecular formula is C18H30N4O2. The minimum atomic E-state index is 0.299. The number of rotatable bonds is 4. The number of piperidine rings is 1. The summed E-state index contributed by atoms with van der Waals surface area (Å²) in [4.78, 5) is 19.3. The van der Waals surface area contributed by atoms with Gasteiger partial charge in [-0.25, -0.2) is 0 Å². The topological polar surface area (TPSA) is 52.8 Å². The number of nitrogens with zero attached hydrogens (tertiary/aromatic N) is 4. The van der Waals surface area contributed by atoms with Gasteiger partial charge in [-0.1, -0.05) is 19.0 Å². The second-order valence-corrected chi connectivity index (χ2v) is 7.73. The first-order valence-corrected chi connectivity index (χ1v) is 9.14. The van der Waals surface area contributed by atoms with Crippen LogP contribution in [0.2, 0.25) is 0 Å². The molecule has 134 valence electrons. The van der Waals surface area contributed by atoms with Crippen molar-refractivity contribution in [2.24, 2.45) is 11.8 Å². The van der Waals surface area contributed by atoms with E-state index in [9.17, 15) is 4.79 Å². The van der Waals surface area contributed by atoms with E-state index in [2.05, 4.69) is 33.7 Å². The number of amides is 1. The summed E-state index contributed by atoms with van der Waals surface area (Å²) < 4.78 is 5.29. The molecule has 2 aliphatic rings. The normalized spacial score (nSPS) is 26.7. The third-order valence-electron chi connectivity index (χ3n) is 5.10. The summed E-state index contributed by atoms with van der Waals surface area (Å²) in [5.41, 5.74) is 0.930. The molecule has 2 fully saturated rings. The van der Waals surface area contributed by atoms with E-state index in [1.54, 1.807) is 0 Å². The number of piperazine rings is 1. The van der Waals surface area contributed by atoms with Gasteiger partial charge in [-0.2, -0.15) is 0 Å². The maximum absolute atomic E-state index is 12.6. The molecule has 1 aromatic heterocycles. The molecule has 2 saturated heterocycles. The van der Waals surface area contributed by atoms with Gasteiger partial charge in [0.15, 0.2) is 5.76 Å². The number of aromatic nitrogens is 1. The summed E-state index contributed by atoms with van der Waals surface area (Å²) in [5.74, 6) is 2.47. The van der Waals surface area contributed by atoms with Crippen LogP contribution >= 0.6 is 0 Å². The molecule has 6 heteroatoms. The summed E-state index contributed by atoms with van der Waals surface area (Å²) >= 11 is 0. The molecule has 0 bridgehead atoms. The molecule has 0 aliphatic carbocycles. The average Bonchev–Trinajstić information content (AvgIpc) is 2.93. The zero-order valence-corrected chi connectivity index (χ0v) is 15.2. The maximum atomic E-state index is 12.6. The quantitative estimate of drug-likeness (QED) is 0.837. The van der Waals surface area contributed by atoms with Crippen LogP contribution in [0.3, 0.4) is 0 Å². The van der Waals surface area contributed by atoms with Gasteiger partial charge in [0.2, 0.25) is 5.91 Å². The predicted octanol–water partition coefficient (Wildman–Crippen LogP) is 1.61. The molecule has 3 rings (SSSR count). The lowest BCUT2D eigenvalue weighted by molar-refractivity contribution is -0.135. The van der Waals surface area contributed by atoms with Crippen LogP contribution in [-0.2, 0) is 11.3 Å². The van der Waals surface area contributed by atoms with Crippen molar-refractivity contribution in [2.45, 2.75) is 33.7 Å². The fourth-order valence-corrected chi connectivity index (χ4v) is 3.97. The second kappa shape index (κ2) is 7.66. The highest BCUT2D eigenvalue weighted by Gasteiger charge is 2.27. The number of likely N-dealkylation sites (tertiary alicyclic amines) is 1. The summed E-state index contributed by atoms with van der Waals surface area (Å²) in [6.07, 6.45) is 1.24. The highest BCUT2D eigenvalue weighted by molar-refractivity contribution is 5.78. The molecule has 1 aromatic rings. The Bertz CT molecular complexity index is 541. The van der Waals surface area contributed by atoms with Crippen LogP contribution in [-0.4, -0.2) is 71.6 Å². The third-order valence-corrected chi connectivity index (χ3v) is 5.10. The SMILES string of the molecule is Cc1cc(CN2CCN(CC(=O)N3CC(C)CC(C)C3)CC2)on1. The zero-order chi connectivity index (χ0) is 17.1. The van der Waals surface area contributed by atoms with Crippen LogP contribution in [0.4, 0.5) is 0 Å². The molecule has 24 heavy (non-hydrogen) atoms. The molecule has 6 nitrogen and oxygen atoms in total. The van der Waals surface area contributed by atoms with Crippen molar-refractivity contribution in [3.63, 3.8) is 0 Å². The monoisotopic (exact) mass is 334 g/mol. The van der Waals surface area contributed by atoms with Crippen molar-refractivity contribution in [3.05, 3.63) is 17.5 Å². The lowest BCUT2D eigenvalue weighted by Crippen LogP contribution is -2.51. The van der Waals surface area contributed by atoms with Crippen LogP contribution in [0, 0.1) is 18.8 Å². The number of hydrogen-bond donors (Lipinski definition) is 0. The molecule has 0 spiro atoms. The summed E-state index contributed by atoms with van der Waals surface area (Å²) in [6.45, 7) is 13.5. The standard InChI is InChI=1S/C18H30N4O2/c1-14-8-15(2)11-22(10-14)18(23)13-21-6-4-20(5-7-21)12-17-9-16(3)19-24-17/h9,14-15H,4-8,10-13H2,1-3H3. The highest BCUT2D eigenvalue weighted by atomic mass is 16.5. The van der Waals surface area contributed by atoms with E-state index in [1.807, 2.05) is 13.0 Å². The molecule has 3 heterocycles. The van der Waals surface area contributed by atoms with Crippen LogP contribution in [0.15, 0.2) is 10.6 Å². The minimum absolute atomic E-state index is 0.299. The fourth-order valence-electron chi connectivity index (χ4n) is 3.97. The first kappa shape index (κ1) is 17.4. The Hall–Kier alpha value is -1.40. The molecule has 0 N–H and O–H groups in total. The van der Waals surface area contributed by atoms with Crippen molar-refractivity contribution in [3.8, 4) is 0 Å². The molecule has 0 aromatic carbocycles. The van der Waals surface area contributed by atoms with E-state index >= 15 is 0 Å². The highest BCUT2D eigenvalue weighted by Crippen LogP contribution is 2.21. The van der Waals surface area contributed by atoms with Gasteiger partial charge in [0, 0.05) is 45.3 Å². The van der Waals surface area contributed by atoms with Gasteiger partial charge >= 0.3 is 0 Å². The fraction of sp³-hybridized carbons (Fsp3) is 0.778. The van der Waals surface area contributed by atoms with Crippen LogP contribution < -0.4 is 0 Å². The second-order valence-electron chi connectivity index (χ2n) is 7.73. The Kier molecular flexibility index (Phi) is 5.56. The minimum Gasteiger partial charge on any atom is -0.360 e. The van der Waals surface area contributed by atoms with E-state index in [1.165, 1.54) is 6.42 Å². The van der Waals surface area contributed by atoms with Gasteiger partial charge in [0.1, 0.15) is 0 Å². The summed E-state index contributed by atoms with van der Waals surface area (Å²) in [7, 11) is 0. The van der Waals surface area contributed by atoms with E-state index in [0.29, 0.717) is 24.3 Å². The lowest BCUT2D eigenvalue weighted by Gasteiger charge is -2.38. The molecule has 2 aliphatic heterocycles. The van der Waals surface area contributed by atoms with Crippen molar-refractivity contribution in [2.75, 3.05) is 45.8 Å². The molecule has 2 unspecified atom stereocenters. The Morgan fingerprint density at radius 3 is 2.38 bits per heavy atom. The Balaban J connectivity index is 1.42. The number of aryl methyl sites for hydroxylation is 1. The summed E-state index contributed by atoms with van der Waals surface area (Å²) in [5, 5.41) is 3.94. The Labute approximate surface area is 144 Å². The van der Waals surface area contributed by atoms with Crippen LogP contribution in [0.5, 0.6) is 0 Å². The first-order chi connectivity index (χ1) is 11.5. The van der Waals surface area contributed by atoms with Gasteiger partial charge in [-0.3, -0.25) is 14.6 Å². The van der Waals surface area contributed by atoms with Crippen LogP contribution in [0.25, 0.3) is 0 Å². The van der Waals surface area contributed by atoms with Gasteiger partial charge in [-0.05, 0) is 25.2 Å². The lowest BCUT2D eigenvalue weighted by atomic mass is 9.92. The molecule has 2 atom stereocenters. The van der Waals surface area contributed by atoms with E-state index in [-0.39, 0.29) is 0 Å². The van der Waals surface area contributed by atoms with Crippen molar-refractivity contribution >= 4 is 5.91 Å². The molecule has 1 amide bonds. The van der Waals surface area contributed by atoms with E-state index < -0.39 is 0 Å². The van der Waals surface area contributed by atoms with Gasteiger partial charge in [-0.15, -0.1) is 0 Å². The molecule has 0 radical (unpaired) electrons. The van der Waals surface area contributed by atoms with Crippen LogP contribution in [0.1, 0.15) is 31.7 Å². The van der Waals surface area contributed by atoms with E-state index in [0.717, 1.165) is 57.3 Å². The molecule has 0 saturated carbocycles.